The highest BCUT2D eigenvalue weighted by Gasteiger charge is 2.10. The van der Waals surface area contributed by atoms with Crippen LogP contribution < -0.4 is 10.1 Å². The molecular weight excluding hydrogens is 318 g/mol. The van der Waals surface area contributed by atoms with Crippen LogP contribution in [0.3, 0.4) is 0 Å². The van der Waals surface area contributed by atoms with Gasteiger partial charge in [0.05, 0.1) is 0 Å². The lowest BCUT2D eigenvalue weighted by atomic mass is 10.1. The van der Waals surface area contributed by atoms with Gasteiger partial charge in [-0.3, -0.25) is 4.79 Å². The topological polar surface area (TPSA) is 64.6 Å². The van der Waals surface area contributed by atoms with Gasteiger partial charge in [0.15, 0.2) is 13.2 Å². The van der Waals surface area contributed by atoms with E-state index in [4.69, 9.17) is 9.47 Å². The first kappa shape index (κ1) is 18.5. The first-order valence-corrected chi connectivity index (χ1v) is 8.08. The van der Waals surface area contributed by atoms with Crippen LogP contribution in [0.25, 0.3) is 0 Å². The summed E-state index contributed by atoms with van der Waals surface area (Å²) in [6.45, 7) is 7.28. The molecule has 0 atom stereocenters. The maximum Gasteiger partial charge on any atom is 0.344 e. The van der Waals surface area contributed by atoms with Gasteiger partial charge in [0, 0.05) is 5.69 Å². The number of rotatable bonds is 6. The number of esters is 1. The number of aryl methyl sites for hydroxylation is 3. The highest BCUT2D eigenvalue weighted by Crippen LogP contribution is 2.18. The van der Waals surface area contributed by atoms with Gasteiger partial charge in [0.2, 0.25) is 0 Å². The summed E-state index contributed by atoms with van der Waals surface area (Å²) >= 11 is 0. The molecule has 0 aliphatic carbocycles. The molecule has 1 amide bonds. The molecule has 0 aliphatic heterocycles. The second-order valence-electron chi connectivity index (χ2n) is 5.99. The molecule has 2 aromatic carbocycles. The molecule has 2 aromatic rings. The number of hydrogen-bond acceptors (Lipinski definition) is 4. The lowest BCUT2D eigenvalue weighted by molar-refractivity contribution is -0.149. The fourth-order valence-corrected chi connectivity index (χ4v) is 2.21. The second-order valence-corrected chi connectivity index (χ2v) is 5.99. The molecule has 0 bridgehead atoms. The lowest BCUT2D eigenvalue weighted by Crippen LogP contribution is -2.24. The van der Waals surface area contributed by atoms with Crippen molar-refractivity contribution in [3.8, 4) is 5.75 Å². The Balaban J connectivity index is 1.78. The molecule has 0 fully saturated rings. The molecule has 0 aliphatic rings. The first-order valence-electron chi connectivity index (χ1n) is 8.08. The summed E-state index contributed by atoms with van der Waals surface area (Å²) in [5.74, 6) is -0.373. The summed E-state index contributed by atoms with van der Waals surface area (Å²) in [6.07, 6.45) is 0. The predicted octanol–water partition coefficient (Wildman–Crippen LogP) is 3.48. The van der Waals surface area contributed by atoms with E-state index in [1.807, 2.05) is 58.0 Å². The smallest absolute Gasteiger partial charge is 0.344 e. The van der Waals surface area contributed by atoms with E-state index >= 15 is 0 Å². The molecule has 5 nitrogen and oxygen atoms in total. The van der Waals surface area contributed by atoms with E-state index in [0.717, 1.165) is 22.3 Å². The number of carbonyl (C=O) groups is 2. The van der Waals surface area contributed by atoms with Gasteiger partial charge in [-0.2, -0.15) is 0 Å². The molecule has 1 N–H and O–H groups in total. The van der Waals surface area contributed by atoms with Crippen LogP contribution in [0.15, 0.2) is 36.4 Å². The number of hydrogen-bond donors (Lipinski definition) is 1. The van der Waals surface area contributed by atoms with Gasteiger partial charge in [-0.1, -0.05) is 18.2 Å². The molecule has 0 aromatic heterocycles. The molecule has 5 heteroatoms. The van der Waals surface area contributed by atoms with E-state index in [-0.39, 0.29) is 19.1 Å². The summed E-state index contributed by atoms with van der Waals surface area (Å²) < 4.78 is 10.3. The Morgan fingerprint density at radius 2 is 1.68 bits per heavy atom. The molecule has 0 saturated heterocycles. The van der Waals surface area contributed by atoms with Crippen LogP contribution in [0.1, 0.15) is 22.3 Å². The van der Waals surface area contributed by atoms with Crippen LogP contribution in [-0.4, -0.2) is 25.1 Å². The van der Waals surface area contributed by atoms with Crippen LogP contribution in [0, 0.1) is 27.7 Å². The first-order chi connectivity index (χ1) is 11.9. The SMILES string of the molecule is Cc1ccc(OCC(=O)OCC(=O)Nc2cccc(C)c2C)cc1C. The van der Waals surface area contributed by atoms with Crippen molar-refractivity contribution in [2.45, 2.75) is 27.7 Å². The molecule has 25 heavy (non-hydrogen) atoms. The Labute approximate surface area is 148 Å². The highest BCUT2D eigenvalue weighted by molar-refractivity contribution is 5.93. The van der Waals surface area contributed by atoms with Crippen molar-refractivity contribution in [1.82, 2.24) is 0 Å². The summed E-state index contributed by atoms with van der Waals surface area (Å²) in [7, 11) is 0. The van der Waals surface area contributed by atoms with Crippen molar-refractivity contribution in [3.05, 3.63) is 58.7 Å². The maximum absolute atomic E-state index is 11.9. The summed E-state index contributed by atoms with van der Waals surface area (Å²) in [6, 6.07) is 11.2. The zero-order valence-electron chi connectivity index (χ0n) is 15.0. The van der Waals surface area contributed by atoms with Gasteiger partial charge in [-0.25, -0.2) is 4.79 Å². The van der Waals surface area contributed by atoms with Gasteiger partial charge in [0.1, 0.15) is 5.75 Å². The summed E-state index contributed by atoms with van der Waals surface area (Å²) in [5.41, 5.74) is 5.01. The van der Waals surface area contributed by atoms with Crippen molar-refractivity contribution in [1.29, 1.82) is 0 Å². The van der Waals surface area contributed by atoms with Crippen molar-refractivity contribution in [2.75, 3.05) is 18.5 Å². The van der Waals surface area contributed by atoms with Crippen LogP contribution in [0.4, 0.5) is 5.69 Å². The van der Waals surface area contributed by atoms with Crippen LogP contribution in [0.5, 0.6) is 5.75 Å². The van der Waals surface area contributed by atoms with Gasteiger partial charge in [-0.15, -0.1) is 0 Å². The van der Waals surface area contributed by atoms with Gasteiger partial charge in [-0.05, 0) is 68.1 Å². The molecule has 2 rings (SSSR count). The van der Waals surface area contributed by atoms with Gasteiger partial charge >= 0.3 is 5.97 Å². The Bertz CT molecular complexity index is 783. The molecule has 132 valence electrons. The van der Waals surface area contributed by atoms with Crippen molar-refractivity contribution in [2.24, 2.45) is 0 Å². The molecular formula is C20H23NO4. The second kappa shape index (κ2) is 8.33. The lowest BCUT2D eigenvalue weighted by Gasteiger charge is -2.11. The largest absolute Gasteiger partial charge is 0.482 e. The highest BCUT2D eigenvalue weighted by atomic mass is 16.6. The molecule has 0 unspecified atom stereocenters. The fourth-order valence-electron chi connectivity index (χ4n) is 2.21. The third kappa shape index (κ3) is 5.35. The Morgan fingerprint density at radius 1 is 0.920 bits per heavy atom. The van der Waals surface area contributed by atoms with Gasteiger partial charge in [0.25, 0.3) is 5.91 Å². The molecule has 0 saturated carbocycles. The van der Waals surface area contributed by atoms with E-state index in [1.54, 1.807) is 6.07 Å². The van der Waals surface area contributed by atoms with Gasteiger partial charge < -0.3 is 14.8 Å². The average molecular weight is 341 g/mol. The van der Waals surface area contributed by atoms with E-state index in [1.165, 1.54) is 0 Å². The standard InChI is InChI=1S/C20H23NO4/c1-13-8-9-17(10-15(13)3)24-12-20(23)25-11-19(22)21-18-7-5-6-14(2)16(18)4/h5-10H,11-12H2,1-4H3,(H,21,22). The van der Waals surface area contributed by atoms with Crippen molar-refractivity contribution < 1.29 is 19.1 Å². The van der Waals surface area contributed by atoms with Crippen molar-refractivity contribution in [3.63, 3.8) is 0 Å². The van der Waals surface area contributed by atoms with E-state index in [0.29, 0.717) is 11.4 Å². The number of nitrogens with one attached hydrogen (secondary N) is 1. The minimum atomic E-state index is -0.589. The van der Waals surface area contributed by atoms with E-state index < -0.39 is 5.97 Å². The third-order valence-corrected chi connectivity index (χ3v) is 4.08. The van der Waals surface area contributed by atoms with Crippen LogP contribution >= 0.6 is 0 Å². The number of carbonyl (C=O) groups excluding carboxylic acids is 2. The fraction of sp³-hybridized carbons (Fsp3) is 0.300. The quantitative estimate of drug-likeness (QED) is 0.817. The molecule has 0 radical (unpaired) electrons. The normalized spacial score (nSPS) is 10.2. The Morgan fingerprint density at radius 3 is 2.40 bits per heavy atom. The number of benzene rings is 2. The minimum absolute atomic E-state index is 0.237. The van der Waals surface area contributed by atoms with E-state index in [2.05, 4.69) is 5.32 Å². The number of ether oxygens (including phenoxy) is 2. The van der Waals surface area contributed by atoms with Crippen molar-refractivity contribution >= 4 is 17.6 Å². The van der Waals surface area contributed by atoms with Crippen LogP contribution in [-0.2, 0) is 14.3 Å². The molecule has 0 spiro atoms. The average Bonchev–Trinajstić information content (AvgIpc) is 2.58. The monoisotopic (exact) mass is 341 g/mol. The zero-order chi connectivity index (χ0) is 18.4. The number of amides is 1. The van der Waals surface area contributed by atoms with E-state index in [9.17, 15) is 9.59 Å². The zero-order valence-corrected chi connectivity index (χ0v) is 15.0. The molecule has 0 heterocycles. The Kier molecular flexibility index (Phi) is 6.17. The summed E-state index contributed by atoms with van der Waals surface area (Å²) in [4.78, 5) is 23.6. The summed E-state index contributed by atoms with van der Waals surface area (Å²) in [5, 5.41) is 2.74. The third-order valence-electron chi connectivity index (χ3n) is 4.08. The Hall–Kier alpha value is -2.82. The maximum atomic E-state index is 11.9. The minimum Gasteiger partial charge on any atom is -0.482 e. The number of anilines is 1. The van der Waals surface area contributed by atoms with Crippen LogP contribution in [0.2, 0.25) is 0 Å². The predicted molar refractivity (Wildman–Crippen MR) is 96.9 cm³/mol.